The van der Waals surface area contributed by atoms with Crippen LogP contribution in [0.4, 0.5) is 5.69 Å². The Balaban J connectivity index is 1.26. The van der Waals surface area contributed by atoms with E-state index in [1.54, 1.807) is 61.1 Å². The van der Waals surface area contributed by atoms with Crippen LogP contribution in [0.25, 0.3) is 11.3 Å². The van der Waals surface area contributed by atoms with Gasteiger partial charge < -0.3 is 14.8 Å². The lowest BCUT2D eigenvalue weighted by Gasteiger charge is -2.12. The smallest absolute Gasteiger partial charge is 0.261 e. The predicted octanol–water partition coefficient (Wildman–Crippen LogP) is 5.53. The second-order valence-corrected chi connectivity index (χ2v) is 11.2. The minimum Gasteiger partial charge on any atom is -0.448 e. The van der Waals surface area contributed by atoms with E-state index in [1.807, 2.05) is 18.2 Å². The highest BCUT2D eigenvalue weighted by molar-refractivity contribution is 7.92. The maximum atomic E-state index is 12.9. The predicted molar refractivity (Wildman–Crippen MR) is 153 cm³/mol. The molecular formula is C30H36N4O4S. The van der Waals surface area contributed by atoms with Crippen LogP contribution in [0.2, 0.25) is 0 Å². The molecule has 0 aliphatic heterocycles. The second kappa shape index (κ2) is 14.0. The molecule has 1 atom stereocenters. The Hall–Kier alpha value is -3.53. The van der Waals surface area contributed by atoms with Crippen molar-refractivity contribution in [3.63, 3.8) is 0 Å². The van der Waals surface area contributed by atoms with E-state index in [4.69, 9.17) is 4.42 Å². The molecule has 0 saturated heterocycles. The lowest BCUT2D eigenvalue weighted by molar-refractivity contribution is 0.174. The summed E-state index contributed by atoms with van der Waals surface area (Å²) in [5, 5.41) is 13.4. The molecule has 2 aromatic carbocycles. The number of aromatic nitrogens is 2. The van der Waals surface area contributed by atoms with E-state index in [0.717, 1.165) is 42.4 Å². The molecule has 2 aromatic heterocycles. The lowest BCUT2D eigenvalue weighted by Crippen LogP contribution is -2.23. The van der Waals surface area contributed by atoms with E-state index in [1.165, 1.54) is 12.8 Å². The molecule has 0 aliphatic carbocycles. The van der Waals surface area contributed by atoms with Crippen LogP contribution in [-0.4, -0.2) is 36.6 Å². The molecule has 0 aliphatic rings. The number of hydrogen-bond donors (Lipinski definition) is 3. The van der Waals surface area contributed by atoms with Crippen molar-refractivity contribution in [2.24, 2.45) is 0 Å². The maximum absolute atomic E-state index is 12.9. The number of oxazole rings is 1. The molecule has 4 rings (SSSR count). The minimum atomic E-state index is -3.73. The number of hydrogen-bond acceptors (Lipinski definition) is 7. The number of rotatable bonds is 15. The van der Waals surface area contributed by atoms with Crippen molar-refractivity contribution in [1.82, 2.24) is 15.3 Å². The molecule has 0 fully saturated rings. The van der Waals surface area contributed by atoms with Gasteiger partial charge in [0.2, 0.25) is 0 Å². The number of aliphatic hydroxyl groups excluding tert-OH is 1. The van der Waals surface area contributed by atoms with Gasteiger partial charge in [-0.15, -0.1) is 0 Å². The Morgan fingerprint density at radius 1 is 0.974 bits per heavy atom. The van der Waals surface area contributed by atoms with Crippen LogP contribution in [0.3, 0.4) is 0 Å². The zero-order valence-corrected chi connectivity index (χ0v) is 23.0. The molecule has 3 N–H and O–H groups in total. The number of benzene rings is 2. The van der Waals surface area contributed by atoms with Gasteiger partial charge in [-0.25, -0.2) is 13.4 Å². The molecule has 39 heavy (non-hydrogen) atoms. The molecular weight excluding hydrogens is 512 g/mol. The SMILES string of the molecule is CCCCCCc1nc(-c2ccc(S(=O)(=O)Nc3ccc(CCNCC(O)c4cccnc4)cc3)cc2)co1. The summed E-state index contributed by atoms with van der Waals surface area (Å²) in [6.45, 7) is 3.29. The first-order valence-corrected chi connectivity index (χ1v) is 14.9. The van der Waals surface area contributed by atoms with E-state index in [9.17, 15) is 13.5 Å². The van der Waals surface area contributed by atoms with Crippen LogP contribution in [0, 0.1) is 0 Å². The first-order chi connectivity index (χ1) is 18.9. The highest BCUT2D eigenvalue weighted by atomic mass is 32.2. The fourth-order valence-corrected chi connectivity index (χ4v) is 5.24. The Labute approximate surface area is 230 Å². The van der Waals surface area contributed by atoms with Gasteiger partial charge in [0.25, 0.3) is 10.0 Å². The number of sulfonamides is 1. The third-order valence-corrected chi connectivity index (χ3v) is 7.86. The summed E-state index contributed by atoms with van der Waals surface area (Å²) in [5.41, 5.74) is 3.84. The minimum absolute atomic E-state index is 0.176. The fourth-order valence-electron chi connectivity index (χ4n) is 4.18. The molecule has 0 saturated carbocycles. The molecule has 2 heterocycles. The normalized spacial score (nSPS) is 12.4. The quantitative estimate of drug-likeness (QED) is 0.167. The zero-order valence-electron chi connectivity index (χ0n) is 22.2. The highest BCUT2D eigenvalue weighted by Gasteiger charge is 2.15. The van der Waals surface area contributed by atoms with Crippen LogP contribution >= 0.6 is 0 Å². The zero-order chi connectivity index (χ0) is 27.5. The number of aliphatic hydroxyl groups is 1. The first kappa shape index (κ1) is 28.5. The molecule has 4 aromatic rings. The van der Waals surface area contributed by atoms with E-state index in [2.05, 4.69) is 26.9 Å². The molecule has 206 valence electrons. The topological polar surface area (TPSA) is 117 Å². The van der Waals surface area contributed by atoms with Crippen molar-refractivity contribution in [1.29, 1.82) is 0 Å². The monoisotopic (exact) mass is 548 g/mol. The second-order valence-electron chi connectivity index (χ2n) is 9.52. The molecule has 0 amide bonds. The summed E-state index contributed by atoms with van der Waals surface area (Å²) in [4.78, 5) is 8.74. The van der Waals surface area contributed by atoms with Gasteiger partial charge in [-0.2, -0.15) is 0 Å². The average Bonchev–Trinajstić information content (AvgIpc) is 3.44. The van der Waals surface area contributed by atoms with Crippen molar-refractivity contribution in [2.45, 2.75) is 56.4 Å². The fraction of sp³-hybridized carbons (Fsp3) is 0.333. The van der Waals surface area contributed by atoms with Crippen LogP contribution in [0.5, 0.6) is 0 Å². The molecule has 0 bridgehead atoms. The van der Waals surface area contributed by atoms with Crippen molar-refractivity contribution in [2.75, 3.05) is 17.8 Å². The van der Waals surface area contributed by atoms with E-state index >= 15 is 0 Å². The first-order valence-electron chi connectivity index (χ1n) is 13.4. The number of nitrogens with one attached hydrogen (secondary N) is 2. The Kier molecular flexibility index (Phi) is 10.2. The summed E-state index contributed by atoms with van der Waals surface area (Å²) < 4.78 is 34.1. The number of pyridine rings is 1. The van der Waals surface area contributed by atoms with Crippen LogP contribution < -0.4 is 10.0 Å². The largest absolute Gasteiger partial charge is 0.448 e. The van der Waals surface area contributed by atoms with E-state index in [0.29, 0.717) is 30.4 Å². The average molecular weight is 549 g/mol. The van der Waals surface area contributed by atoms with Gasteiger partial charge in [-0.05, 0) is 55.3 Å². The lowest BCUT2D eigenvalue weighted by atomic mass is 10.1. The third-order valence-electron chi connectivity index (χ3n) is 6.46. The highest BCUT2D eigenvalue weighted by Crippen LogP contribution is 2.23. The van der Waals surface area contributed by atoms with Gasteiger partial charge in [-0.1, -0.05) is 56.5 Å². The van der Waals surface area contributed by atoms with E-state index in [-0.39, 0.29) is 4.90 Å². The third kappa shape index (κ3) is 8.48. The van der Waals surface area contributed by atoms with Crippen LogP contribution in [0.15, 0.2) is 88.6 Å². The maximum Gasteiger partial charge on any atom is 0.261 e. The van der Waals surface area contributed by atoms with Gasteiger partial charge in [0.15, 0.2) is 5.89 Å². The molecule has 9 heteroatoms. The number of aryl methyl sites for hydroxylation is 1. The van der Waals surface area contributed by atoms with Gasteiger partial charge in [0.1, 0.15) is 12.0 Å². The Morgan fingerprint density at radius 2 is 1.77 bits per heavy atom. The molecule has 0 spiro atoms. The summed E-state index contributed by atoms with van der Waals surface area (Å²) in [6, 6.07) is 17.6. The number of anilines is 1. The van der Waals surface area contributed by atoms with Crippen LogP contribution in [-0.2, 0) is 22.9 Å². The molecule has 1 unspecified atom stereocenters. The number of nitrogens with zero attached hydrogens (tertiary/aromatic N) is 2. The summed E-state index contributed by atoms with van der Waals surface area (Å²) in [6.07, 6.45) is 10.5. The summed E-state index contributed by atoms with van der Waals surface area (Å²) in [5.74, 6) is 0.709. The van der Waals surface area contributed by atoms with Gasteiger partial charge in [0.05, 0.1) is 11.0 Å². The Bertz CT molecular complexity index is 1390. The summed E-state index contributed by atoms with van der Waals surface area (Å²) >= 11 is 0. The Morgan fingerprint density at radius 3 is 2.49 bits per heavy atom. The standard InChI is InChI=1S/C30H36N4O4S/c1-2-3-4-5-8-30-33-28(22-38-30)24-11-15-27(16-12-24)39(36,37)34-26-13-9-23(10-14-26)17-19-32-21-29(35)25-7-6-18-31-20-25/h6-7,9-16,18,20,22,29,32,34-35H,2-5,8,17,19,21H2,1H3. The van der Waals surface area contributed by atoms with E-state index < -0.39 is 16.1 Å². The van der Waals surface area contributed by atoms with Crippen molar-refractivity contribution in [3.8, 4) is 11.3 Å². The van der Waals surface area contributed by atoms with Gasteiger partial charge in [0, 0.05) is 42.2 Å². The summed E-state index contributed by atoms with van der Waals surface area (Å²) in [7, 11) is -3.73. The molecule has 0 radical (unpaired) electrons. The van der Waals surface area contributed by atoms with Gasteiger partial charge >= 0.3 is 0 Å². The van der Waals surface area contributed by atoms with Crippen LogP contribution in [0.1, 0.15) is 55.7 Å². The van der Waals surface area contributed by atoms with Gasteiger partial charge in [-0.3, -0.25) is 9.71 Å². The van der Waals surface area contributed by atoms with Crippen molar-refractivity contribution in [3.05, 3.63) is 96.3 Å². The van der Waals surface area contributed by atoms with Crippen molar-refractivity contribution < 1.29 is 17.9 Å². The molecule has 8 nitrogen and oxygen atoms in total. The van der Waals surface area contributed by atoms with Crippen molar-refractivity contribution >= 4 is 15.7 Å². The number of unbranched alkanes of at least 4 members (excludes halogenated alkanes) is 3.